The molecule has 1 nitrogen and oxygen atoms in total. The van der Waals surface area contributed by atoms with Crippen LogP contribution in [0.1, 0.15) is 83.9 Å². The Morgan fingerprint density at radius 3 is 1.05 bits per heavy atom. The maximum Gasteiger partial charge on any atom is 0.109 e. The van der Waals surface area contributed by atoms with Gasteiger partial charge in [0.25, 0.3) is 0 Å². The van der Waals surface area contributed by atoms with Gasteiger partial charge in [0, 0.05) is 0 Å². The molecule has 0 saturated heterocycles. The van der Waals surface area contributed by atoms with E-state index in [1.165, 1.54) is 77.9 Å². The highest BCUT2D eigenvalue weighted by Gasteiger charge is 2.23. The van der Waals surface area contributed by atoms with Crippen LogP contribution in [0.4, 0.5) is 0 Å². The maximum atomic E-state index is 5.26. The van der Waals surface area contributed by atoms with Crippen LogP contribution in [0.3, 0.4) is 0 Å². The number of rotatable bonds is 5. The molecule has 0 saturated carbocycles. The van der Waals surface area contributed by atoms with Crippen LogP contribution in [0, 0.1) is 69.2 Å². The zero-order chi connectivity index (χ0) is 27.7. The zero-order valence-electron chi connectivity index (χ0n) is 24.8. The molecular weight excluding hydrogens is 458 g/mol. The summed E-state index contributed by atoms with van der Waals surface area (Å²) in [6, 6.07) is 21.0. The van der Waals surface area contributed by atoms with E-state index < -0.39 is 0 Å². The summed E-state index contributed by atoms with van der Waals surface area (Å²) in [5.74, 6) is 3.70. The molecule has 0 aromatic heterocycles. The third-order valence-electron chi connectivity index (χ3n) is 9.04. The van der Waals surface area contributed by atoms with Crippen LogP contribution in [-0.2, 0) is 0 Å². The Balaban J connectivity index is 2.15. The normalized spacial score (nSPS) is 11.0. The van der Waals surface area contributed by atoms with E-state index in [9.17, 15) is 0 Å². The molecule has 0 unspecified atom stereocenters. The highest BCUT2D eigenvalue weighted by molar-refractivity contribution is 6.03. The van der Waals surface area contributed by atoms with Gasteiger partial charge in [-0.3, -0.25) is 0 Å². The van der Waals surface area contributed by atoms with Crippen molar-refractivity contribution in [2.45, 2.75) is 75.3 Å². The fourth-order valence-electron chi connectivity index (χ4n) is 5.73. The molecule has 0 aliphatic rings. The second-order valence-electron chi connectivity index (χ2n) is 10.8. The summed E-state index contributed by atoms with van der Waals surface area (Å²) in [6.07, 6.45) is 0. The van der Waals surface area contributed by atoms with Crippen molar-refractivity contribution >= 4 is 11.4 Å². The lowest BCUT2D eigenvalue weighted by Crippen LogP contribution is -2.08. The minimum absolute atomic E-state index is 0.131. The van der Waals surface area contributed by atoms with E-state index in [-0.39, 0.29) is 6.04 Å². The highest BCUT2D eigenvalue weighted by atomic mass is 14.8. The Morgan fingerprint density at radius 1 is 0.447 bits per heavy atom. The van der Waals surface area contributed by atoms with Gasteiger partial charge in [0.15, 0.2) is 0 Å². The van der Waals surface area contributed by atoms with Crippen LogP contribution in [0.2, 0.25) is 0 Å². The van der Waals surface area contributed by atoms with Crippen LogP contribution in [0.25, 0.3) is 5.57 Å². The van der Waals surface area contributed by atoms with Crippen molar-refractivity contribution in [3.8, 4) is 0 Å². The molecule has 0 aliphatic carbocycles. The molecule has 1 heteroatoms. The topological polar surface area (TPSA) is 12.4 Å². The molecule has 4 rings (SSSR count). The first kappa shape index (κ1) is 27.4. The van der Waals surface area contributed by atoms with Gasteiger partial charge in [-0.05, 0) is 153 Å². The summed E-state index contributed by atoms with van der Waals surface area (Å²) < 4.78 is 0. The van der Waals surface area contributed by atoms with Crippen LogP contribution in [0.5, 0.6) is 0 Å². The van der Waals surface area contributed by atoms with Crippen molar-refractivity contribution in [1.82, 2.24) is 0 Å². The van der Waals surface area contributed by atoms with Gasteiger partial charge < -0.3 is 0 Å². The van der Waals surface area contributed by atoms with Gasteiger partial charge in [0.1, 0.15) is 6.04 Å². The van der Waals surface area contributed by atoms with Crippen molar-refractivity contribution in [1.29, 1.82) is 0 Å². The SMILES string of the molecule is Cc1c(C)c(C)c(C(=C=NC(c2ccccc2)c2ccccc2)c2c(C)c(C)c(C)c(C)c2C)c(C)c1C. The monoisotopic (exact) mass is 499 g/mol. The van der Waals surface area contributed by atoms with E-state index in [1.54, 1.807) is 0 Å². The predicted octanol–water partition coefficient (Wildman–Crippen LogP) is 9.66. The van der Waals surface area contributed by atoms with Crippen LogP contribution in [-0.4, -0.2) is 5.87 Å². The van der Waals surface area contributed by atoms with Crippen molar-refractivity contribution in [3.63, 3.8) is 0 Å². The van der Waals surface area contributed by atoms with Gasteiger partial charge in [-0.2, -0.15) is 0 Å². The van der Waals surface area contributed by atoms with Crippen molar-refractivity contribution in [3.05, 3.63) is 139 Å². The zero-order valence-corrected chi connectivity index (χ0v) is 24.8. The molecule has 194 valence electrons. The fraction of sp³-hybridized carbons (Fsp3) is 0.297. The summed E-state index contributed by atoms with van der Waals surface area (Å²) in [4.78, 5) is 5.26. The molecule has 0 fully saturated rings. The second-order valence-corrected chi connectivity index (χ2v) is 10.8. The molecule has 0 N–H and O–H groups in total. The van der Waals surface area contributed by atoms with Gasteiger partial charge in [-0.1, -0.05) is 60.7 Å². The highest BCUT2D eigenvalue weighted by Crippen LogP contribution is 2.38. The summed E-state index contributed by atoms with van der Waals surface area (Å²) >= 11 is 0. The average molecular weight is 500 g/mol. The third-order valence-corrected chi connectivity index (χ3v) is 9.04. The van der Waals surface area contributed by atoms with E-state index in [0.29, 0.717) is 0 Å². The molecule has 0 atom stereocenters. The molecule has 0 bridgehead atoms. The fourth-order valence-corrected chi connectivity index (χ4v) is 5.73. The third kappa shape index (κ3) is 4.80. The van der Waals surface area contributed by atoms with Gasteiger partial charge in [0.05, 0.1) is 5.57 Å². The van der Waals surface area contributed by atoms with Crippen LogP contribution in [0.15, 0.2) is 65.7 Å². The summed E-state index contributed by atoms with van der Waals surface area (Å²) in [6.45, 7) is 22.5. The summed E-state index contributed by atoms with van der Waals surface area (Å²) in [7, 11) is 0. The minimum atomic E-state index is -0.131. The number of hydrogen-bond donors (Lipinski definition) is 0. The van der Waals surface area contributed by atoms with Crippen molar-refractivity contribution in [2.75, 3.05) is 0 Å². The molecular formula is C37H41N. The first-order valence-electron chi connectivity index (χ1n) is 13.6. The van der Waals surface area contributed by atoms with Gasteiger partial charge in [-0.25, -0.2) is 4.99 Å². The number of aliphatic imine (C=N–C) groups is 1. The summed E-state index contributed by atoms with van der Waals surface area (Å²) in [5.41, 5.74) is 19.4. The second kappa shape index (κ2) is 11.0. The molecule has 0 spiro atoms. The van der Waals surface area contributed by atoms with Gasteiger partial charge in [0.2, 0.25) is 0 Å². The lowest BCUT2D eigenvalue weighted by molar-refractivity contribution is 0.880. The summed E-state index contributed by atoms with van der Waals surface area (Å²) in [5, 5.41) is 0. The number of hydrogen-bond acceptors (Lipinski definition) is 1. The van der Waals surface area contributed by atoms with Crippen LogP contribution >= 0.6 is 0 Å². The Hall–Kier alpha value is -3.67. The first-order valence-corrected chi connectivity index (χ1v) is 13.6. The Morgan fingerprint density at radius 2 is 0.737 bits per heavy atom. The van der Waals surface area contributed by atoms with E-state index in [2.05, 4.69) is 136 Å². The van der Waals surface area contributed by atoms with E-state index >= 15 is 0 Å². The smallest absolute Gasteiger partial charge is 0.109 e. The Labute approximate surface area is 230 Å². The van der Waals surface area contributed by atoms with Crippen LogP contribution < -0.4 is 0 Å². The lowest BCUT2D eigenvalue weighted by Gasteiger charge is -2.24. The molecule has 0 amide bonds. The Kier molecular flexibility index (Phi) is 7.91. The van der Waals surface area contributed by atoms with Gasteiger partial charge >= 0.3 is 0 Å². The molecule has 0 heterocycles. The molecule has 4 aromatic rings. The quantitative estimate of drug-likeness (QED) is 0.242. The van der Waals surface area contributed by atoms with E-state index in [1.807, 2.05) is 0 Å². The minimum Gasteiger partial charge on any atom is -0.229 e. The lowest BCUT2D eigenvalue weighted by atomic mass is 9.80. The van der Waals surface area contributed by atoms with Crippen molar-refractivity contribution in [2.24, 2.45) is 4.99 Å². The van der Waals surface area contributed by atoms with E-state index in [4.69, 9.17) is 4.99 Å². The van der Waals surface area contributed by atoms with E-state index in [0.717, 1.165) is 5.57 Å². The Bertz CT molecular complexity index is 1390. The number of nitrogens with zero attached hydrogens (tertiary/aromatic N) is 1. The first-order chi connectivity index (χ1) is 18.1. The number of benzene rings is 4. The molecule has 38 heavy (non-hydrogen) atoms. The standard InChI is InChI=1S/C37H41N/c1-22-24(3)28(7)35(29(8)25(22)4)34(36-30(9)26(5)23(2)27(6)31(36)10)21-38-37(32-17-13-11-14-18-32)33-19-15-12-16-20-33/h11-20,37H,1-10H3. The predicted molar refractivity (Wildman–Crippen MR) is 165 cm³/mol. The largest absolute Gasteiger partial charge is 0.229 e. The maximum absolute atomic E-state index is 5.26. The average Bonchev–Trinajstić information content (AvgIpc) is 2.94. The molecule has 0 aliphatic heterocycles. The molecule has 0 radical (unpaired) electrons. The van der Waals surface area contributed by atoms with Crippen molar-refractivity contribution < 1.29 is 0 Å². The van der Waals surface area contributed by atoms with Gasteiger partial charge in [-0.15, -0.1) is 0 Å². The molecule has 4 aromatic carbocycles.